The van der Waals surface area contributed by atoms with E-state index in [1.807, 2.05) is 13.0 Å². The quantitative estimate of drug-likeness (QED) is 0.793. The first-order chi connectivity index (χ1) is 9.77. The summed E-state index contributed by atoms with van der Waals surface area (Å²) in [6, 6.07) is 5.35. The Morgan fingerprint density at radius 2 is 2.00 bits per heavy atom. The van der Waals surface area contributed by atoms with Gasteiger partial charge in [0, 0.05) is 18.3 Å². The molecule has 1 aromatic carbocycles. The highest BCUT2D eigenvalue weighted by Crippen LogP contribution is 2.23. The van der Waals surface area contributed by atoms with E-state index < -0.39 is 17.4 Å². The summed E-state index contributed by atoms with van der Waals surface area (Å²) >= 11 is 0. The Labute approximate surface area is 123 Å². The molecule has 1 fully saturated rings. The molecule has 1 saturated heterocycles. The number of benzene rings is 1. The SMILES string of the molecule is CNc1ccc(C(=O)N2CC(=O)NC(=O)C2(C)C)c(C)c1. The van der Waals surface area contributed by atoms with E-state index in [2.05, 4.69) is 10.6 Å². The zero-order chi connectivity index (χ0) is 15.8. The van der Waals surface area contributed by atoms with Gasteiger partial charge in [-0.3, -0.25) is 19.7 Å². The van der Waals surface area contributed by atoms with Crippen LogP contribution in [0.2, 0.25) is 0 Å². The highest BCUT2D eigenvalue weighted by atomic mass is 16.2. The lowest BCUT2D eigenvalue weighted by Gasteiger charge is -2.40. The minimum absolute atomic E-state index is 0.120. The molecule has 1 aliphatic rings. The Kier molecular flexibility index (Phi) is 3.72. The van der Waals surface area contributed by atoms with Crippen molar-refractivity contribution in [3.05, 3.63) is 29.3 Å². The largest absolute Gasteiger partial charge is 0.388 e. The fourth-order valence-electron chi connectivity index (χ4n) is 2.31. The van der Waals surface area contributed by atoms with Crippen LogP contribution in [0.1, 0.15) is 29.8 Å². The van der Waals surface area contributed by atoms with Crippen molar-refractivity contribution in [2.45, 2.75) is 26.3 Å². The van der Waals surface area contributed by atoms with Crippen molar-refractivity contribution in [2.75, 3.05) is 18.9 Å². The smallest absolute Gasteiger partial charge is 0.255 e. The van der Waals surface area contributed by atoms with Gasteiger partial charge in [0.25, 0.3) is 11.8 Å². The van der Waals surface area contributed by atoms with Gasteiger partial charge in [-0.05, 0) is 44.5 Å². The number of amides is 3. The van der Waals surface area contributed by atoms with Crippen LogP contribution in [0, 0.1) is 6.92 Å². The van der Waals surface area contributed by atoms with Gasteiger partial charge in [0.1, 0.15) is 12.1 Å². The molecule has 0 radical (unpaired) electrons. The van der Waals surface area contributed by atoms with Crippen LogP contribution in [0.3, 0.4) is 0 Å². The zero-order valence-electron chi connectivity index (χ0n) is 12.6. The van der Waals surface area contributed by atoms with Gasteiger partial charge in [-0.1, -0.05) is 0 Å². The van der Waals surface area contributed by atoms with Crippen LogP contribution >= 0.6 is 0 Å². The van der Waals surface area contributed by atoms with Gasteiger partial charge in [0.15, 0.2) is 0 Å². The minimum Gasteiger partial charge on any atom is -0.388 e. The maximum Gasteiger partial charge on any atom is 0.255 e. The normalized spacial score (nSPS) is 17.4. The van der Waals surface area contributed by atoms with Gasteiger partial charge in [-0.2, -0.15) is 0 Å². The number of carbonyl (C=O) groups excluding carboxylic acids is 3. The molecule has 112 valence electrons. The fourth-order valence-corrected chi connectivity index (χ4v) is 2.31. The summed E-state index contributed by atoms with van der Waals surface area (Å²) in [6.07, 6.45) is 0. The molecule has 0 atom stereocenters. The zero-order valence-corrected chi connectivity index (χ0v) is 12.6. The Bertz CT molecular complexity index is 623. The number of rotatable bonds is 2. The molecule has 1 aliphatic heterocycles. The molecule has 0 bridgehead atoms. The van der Waals surface area contributed by atoms with Crippen LogP contribution in [0.25, 0.3) is 0 Å². The molecule has 2 N–H and O–H groups in total. The average molecular weight is 289 g/mol. The third-order valence-electron chi connectivity index (χ3n) is 3.78. The maximum atomic E-state index is 12.7. The van der Waals surface area contributed by atoms with Crippen LogP contribution < -0.4 is 10.6 Å². The molecular formula is C15H19N3O3. The molecule has 0 saturated carbocycles. The number of hydrogen-bond donors (Lipinski definition) is 2. The summed E-state index contributed by atoms with van der Waals surface area (Å²) in [5, 5.41) is 5.26. The molecule has 3 amide bonds. The summed E-state index contributed by atoms with van der Waals surface area (Å²) in [6.45, 7) is 4.96. The number of piperazine rings is 1. The third-order valence-corrected chi connectivity index (χ3v) is 3.78. The second kappa shape index (κ2) is 5.20. The molecule has 2 rings (SSSR count). The molecule has 6 heteroatoms. The lowest BCUT2D eigenvalue weighted by Crippen LogP contribution is -2.65. The lowest BCUT2D eigenvalue weighted by molar-refractivity contribution is -0.143. The Balaban J connectivity index is 2.38. The van der Waals surface area contributed by atoms with Crippen molar-refractivity contribution in [1.29, 1.82) is 0 Å². The first-order valence-corrected chi connectivity index (χ1v) is 6.72. The van der Waals surface area contributed by atoms with E-state index in [0.717, 1.165) is 11.3 Å². The summed E-state index contributed by atoms with van der Waals surface area (Å²) in [5.74, 6) is -1.24. The van der Waals surface area contributed by atoms with E-state index >= 15 is 0 Å². The van der Waals surface area contributed by atoms with Crippen LogP contribution in [-0.4, -0.2) is 41.8 Å². The second-order valence-corrected chi connectivity index (χ2v) is 5.61. The van der Waals surface area contributed by atoms with Crippen molar-refractivity contribution in [3.63, 3.8) is 0 Å². The fraction of sp³-hybridized carbons (Fsp3) is 0.400. The molecule has 6 nitrogen and oxygen atoms in total. The summed E-state index contributed by atoms with van der Waals surface area (Å²) in [5.41, 5.74) is 1.13. The summed E-state index contributed by atoms with van der Waals surface area (Å²) in [4.78, 5) is 37.5. The van der Waals surface area contributed by atoms with Crippen molar-refractivity contribution in [2.24, 2.45) is 0 Å². The number of carbonyl (C=O) groups is 3. The summed E-state index contributed by atoms with van der Waals surface area (Å²) < 4.78 is 0. The van der Waals surface area contributed by atoms with Crippen molar-refractivity contribution in [1.82, 2.24) is 10.2 Å². The average Bonchev–Trinajstić information content (AvgIpc) is 2.42. The van der Waals surface area contributed by atoms with Crippen molar-refractivity contribution in [3.8, 4) is 0 Å². The number of anilines is 1. The number of nitrogens with zero attached hydrogens (tertiary/aromatic N) is 1. The molecule has 0 spiro atoms. The predicted octanol–water partition coefficient (Wildman–Crippen LogP) is 0.914. The number of hydrogen-bond acceptors (Lipinski definition) is 4. The Morgan fingerprint density at radius 3 is 2.57 bits per heavy atom. The van der Waals surface area contributed by atoms with Crippen molar-refractivity contribution >= 4 is 23.4 Å². The van der Waals surface area contributed by atoms with Gasteiger partial charge in [0.2, 0.25) is 5.91 Å². The lowest BCUT2D eigenvalue weighted by atomic mass is 9.96. The second-order valence-electron chi connectivity index (χ2n) is 5.61. The van der Waals surface area contributed by atoms with E-state index in [9.17, 15) is 14.4 Å². The first-order valence-electron chi connectivity index (χ1n) is 6.72. The van der Waals surface area contributed by atoms with Gasteiger partial charge in [-0.25, -0.2) is 0 Å². The van der Waals surface area contributed by atoms with Gasteiger partial charge < -0.3 is 10.2 Å². The summed E-state index contributed by atoms with van der Waals surface area (Å²) in [7, 11) is 1.80. The third kappa shape index (κ3) is 2.61. The van der Waals surface area contributed by atoms with Gasteiger partial charge in [-0.15, -0.1) is 0 Å². The monoisotopic (exact) mass is 289 g/mol. The molecule has 0 aliphatic carbocycles. The molecule has 0 unspecified atom stereocenters. The number of aryl methyl sites for hydroxylation is 1. The Morgan fingerprint density at radius 1 is 1.33 bits per heavy atom. The minimum atomic E-state index is -1.06. The number of nitrogens with one attached hydrogen (secondary N) is 2. The predicted molar refractivity (Wildman–Crippen MR) is 79.0 cm³/mol. The molecule has 0 aromatic heterocycles. The Hall–Kier alpha value is -2.37. The highest BCUT2D eigenvalue weighted by Gasteiger charge is 2.43. The van der Waals surface area contributed by atoms with Crippen LogP contribution in [-0.2, 0) is 9.59 Å². The van der Waals surface area contributed by atoms with E-state index in [4.69, 9.17) is 0 Å². The topological polar surface area (TPSA) is 78.5 Å². The van der Waals surface area contributed by atoms with E-state index in [-0.39, 0.29) is 12.5 Å². The molecule has 1 aromatic rings. The molecule has 1 heterocycles. The van der Waals surface area contributed by atoms with Crippen LogP contribution in [0.4, 0.5) is 5.69 Å². The van der Waals surface area contributed by atoms with E-state index in [0.29, 0.717) is 5.56 Å². The first kappa shape index (κ1) is 15.0. The van der Waals surface area contributed by atoms with E-state index in [1.165, 1.54) is 4.90 Å². The van der Waals surface area contributed by atoms with Gasteiger partial charge >= 0.3 is 0 Å². The van der Waals surface area contributed by atoms with Gasteiger partial charge in [0.05, 0.1) is 0 Å². The standard InChI is InChI=1S/C15H19N3O3/c1-9-7-10(16-4)5-6-11(9)13(20)18-8-12(19)17-14(21)15(18,2)3/h5-7,16H,8H2,1-4H3,(H,17,19,21). The van der Waals surface area contributed by atoms with Crippen LogP contribution in [0.15, 0.2) is 18.2 Å². The number of imide groups is 1. The molecule has 21 heavy (non-hydrogen) atoms. The maximum absolute atomic E-state index is 12.7. The highest BCUT2D eigenvalue weighted by molar-refractivity contribution is 6.09. The van der Waals surface area contributed by atoms with Crippen molar-refractivity contribution < 1.29 is 14.4 Å². The van der Waals surface area contributed by atoms with E-state index in [1.54, 1.807) is 33.0 Å². The molecular weight excluding hydrogens is 270 g/mol. The van der Waals surface area contributed by atoms with Crippen LogP contribution in [0.5, 0.6) is 0 Å².